The molecule has 5 nitrogen and oxygen atoms in total. The summed E-state index contributed by atoms with van der Waals surface area (Å²) in [5.41, 5.74) is -0.0118. The number of piperazine rings is 1. The second-order valence-electron chi connectivity index (χ2n) is 6.11. The van der Waals surface area contributed by atoms with E-state index in [9.17, 15) is 18.0 Å². The molecule has 0 aliphatic carbocycles. The largest absolute Gasteiger partial charge is 0.417 e. The van der Waals surface area contributed by atoms with Crippen LogP contribution in [0.2, 0.25) is 5.02 Å². The van der Waals surface area contributed by atoms with E-state index in [-0.39, 0.29) is 17.5 Å². The number of hydrogen-bond donors (Lipinski definition) is 1. The van der Waals surface area contributed by atoms with Crippen LogP contribution in [0, 0.1) is 0 Å². The molecule has 144 valence electrons. The average molecular weight is 399 g/mol. The monoisotopic (exact) mass is 398 g/mol. The van der Waals surface area contributed by atoms with Crippen LogP contribution in [-0.4, -0.2) is 48.5 Å². The fraction of sp³-hybridized carbons (Fsp3) is 0.333. The number of nitrogens with zero attached hydrogens (tertiary/aromatic N) is 3. The molecule has 1 aromatic heterocycles. The molecule has 1 saturated heterocycles. The molecule has 9 heteroatoms. The number of rotatable bonds is 4. The molecule has 0 bridgehead atoms. The highest BCUT2D eigenvalue weighted by atomic mass is 35.5. The Labute approximate surface area is 159 Å². The number of para-hydroxylation sites is 1. The van der Waals surface area contributed by atoms with Crippen molar-refractivity contribution in [3.63, 3.8) is 0 Å². The number of carbonyl (C=O) groups excluding carboxylic acids is 1. The van der Waals surface area contributed by atoms with Crippen LogP contribution in [0.25, 0.3) is 0 Å². The van der Waals surface area contributed by atoms with Crippen LogP contribution in [0.1, 0.15) is 5.56 Å². The normalized spacial score (nSPS) is 15.0. The molecule has 1 fully saturated rings. The molecule has 1 aliphatic heterocycles. The van der Waals surface area contributed by atoms with Gasteiger partial charge >= 0.3 is 6.18 Å². The molecule has 1 amide bonds. The van der Waals surface area contributed by atoms with Gasteiger partial charge in [-0.15, -0.1) is 0 Å². The SMILES string of the molecule is O=C(CNc1ccccc1)N1CCN(c2ncc(C(F)(F)F)cc2Cl)CC1. The summed E-state index contributed by atoms with van der Waals surface area (Å²) in [4.78, 5) is 19.7. The molecule has 2 aromatic rings. The number of hydrogen-bond acceptors (Lipinski definition) is 4. The first-order valence-corrected chi connectivity index (χ1v) is 8.77. The zero-order chi connectivity index (χ0) is 19.4. The smallest absolute Gasteiger partial charge is 0.376 e. The molecule has 27 heavy (non-hydrogen) atoms. The zero-order valence-corrected chi connectivity index (χ0v) is 15.1. The number of amides is 1. The first kappa shape index (κ1) is 19.3. The summed E-state index contributed by atoms with van der Waals surface area (Å²) in [6, 6.07) is 10.3. The predicted octanol–water partition coefficient (Wildman–Crippen LogP) is 3.51. The summed E-state index contributed by atoms with van der Waals surface area (Å²) in [5.74, 6) is 0.268. The minimum absolute atomic E-state index is 0.0371. The first-order valence-electron chi connectivity index (χ1n) is 8.39. The van der Waals surface area contributed by atoms with Gasteiger partial charge in [-0.3, -0.25) is 4.79 Å². The summed E-state index contributed by atoms with van der Waals surface area (Å²) in [7, 11) is 0. The van der Waals surface area contributed by atoms with E-state index in [1.807, 2.05) is 30.3 Å². The van der Waals surface area contributed by atoms with Crippen molar-refractivity contribution in [3.05, 3.63) is 53.2 Å². The number of nitrogens with one attached hydrogen (secondary N) is 1. The van der Waals surface area contributed by atoms with Crippen molar-refractivity contribution in [3.8, 4) is 0 Å². The Morgan fingerprint density at radius 3 is 2.41 bits per heavy atom. The van der Waals surface area contributed by atoms with Crippen molar-refractivity contribution in [1.82, 2.24) is 9.88 Å². The van der Waals surface area contributed by atoms with Gasteiger partial charge in [-0.25, -0.2) is 4.98 Å². The molecule has 1 N–H and O–H groups in total. The van der Waals surface area contributed by atoms with Crippen LogP contribution in [0.4, 0.5) is 24.7 Å². The van der Waals surface area contributed by atoms with Gasteiger partial charge in [0.2, 0.25) is 5.91 Å². The summed E-state index contributed by atoms with van der Waals surface area (Å²) in [6.07, 6.45) is -3.70. The van der Waals surface area contributed by atoms with Crippen LogP contribution >= 0.6 is 11.6 Å². The summed E-state index contributed by atoms with van der Waals surface area (Å²) < 4.78 is 38.1. The number of carbonyl (C=O) groups is 1. The Kier molecular flexibility index (Phi) is 5.74. The number of halogens is 4. The van der Waals surface area contributed by atoms with Gasteiger partial charge in [-0.2, -0.15) is 13.2 Å². The number of alkyl halides is 3. The van der Waals surface area contributed by atoms with Crippen molar-refractivity contribution >= 4 is 29.0 Å². The van der Waals surface area contributed by atoms with Gasteiger partial charge in [0.05, 0.1) is 17.1 Å². The van der Waals surface area contributed by atoms with Gasteiger partial charge < -0.3 is 15.1 Å². The van der Waals surface area contributed by atoms with E-state index >= 15 is 0 Å². The molecule has 0 unspecified atom stereocenters. The van der Waals surface area contributed by atoms with Crippen molar-refractivity contribution < 1.29 is 18.0 Å². The fourth-order valence-electron chi connectivity index (χ4n) is 2.83. The second kappa shape index (κ2) is 8.04. The Hall–Kier alpha value is -2.48. The number of pyridine rings is 1. The van der Waals surface area contributed by atoms with Crippen LogP contribution in [0.3, 0.4) is 0 Å². The van der Waals surface area contributed by atoms with Gasteiger partial charge in [0.25, 0.3) is 0 Å². The minimum Gasteiger partial charge on any atom is -0.376 e. The average Bonchev–Trinajstić information content (AvgIpc) is 2.66. The van der Waals surface area contributed by atoms with E-state index in [2.05, 4.69) is 10.3 Å². The summed E-state index contributed by atoms with van der Waals surface area (Å²) >= 11 is 5.99. The molecular weight excluding hydrogens is 381 g/mol. The van der Waals surface area contributed by atoms with E-state index in [4.69, 9.17) is 11.6 Å². The molecular formula is C18H18ClF3N4O. The van der Waals surface area contributed by atoms with Crippen molar-refractivity contribution in [1.29, 1.82) is 0 Å². The molecule has 0 spiro atoms. The quantitative estimate of drug-likeness (QED) is 0.856. The Bertz CT molecular complexity index is 793. The van der Waals surface area contributed by atoms with Crippen molar-refractivity contribution in [2.45, 2.75) is 6.18 Å². The summed E-state index contributed by atoms with van der Waals surface area (Å²) in [6.45, 7) is 2.00. The lowest BCUT2D eigenvalue weighted by Crippen LogP contribution is -2.50. The van der Waals surface area contributed by atoms with Gasteiger partial charge in [-0.1, -0.05) is 29.8 Å². The number of benzene rings is 1. The molecule has 1 aromatic carbocycles. The summed E-state index contributed by atoms with van der Waals surface area (Å²) in [5, 5.41) is 3.02. The van der Waals surface area contributed by atoms with Crippen LogP contribution < -0.4 is 10.2 Å². The van der Waals surface area contributed by atoms with Gasteiger partial charge in [0.15, 0.2) is 0 Å². The van der Waals surface area contributed by atoms with E-state index < -0.39 is 11.7 Å². The Balaban J connectivity index is 1.55. The molecule has 0 saturated carbocycles. The third-order valence-corrected chi connectivity index (χ3v) is 4.58. The lowest BCUT2D eigenvalue weighted by Gasteiger charge is -2.36. The Morgan fingerprint density at radius 2 is 1.81 bits per heavy atom. The zero-order valence-electron chi connectivity index (χ0n) is 14.3. The fourth-order valence-corrected chi connectivity index (χ4v) is 3.12. The maximum absolute atomic E-state index is 12.7. The van der Waals surface area contributed by atoms with E-state index in [1.54, 1.807) is 9.80 Å². The van der Waals surface area contributed by atoms with Crippen LogP contribution in [0.5, 0.6) is 0 Å². The number of anilines is 2. The highest BCUT2D eigenvalue weighted by Crippen LogP contribution is 2.33. The lowest BCUT2D eigenvalue weighted by molar-refractivity contribution is -0.137. The van der Waals surface area contributed by atoms with Gasteiger partial charge in [0, 0.05) is 38.1 Å². The first-order chi connectivity index (χ1) is 12.8. The highest BCUT2D eigenvalue weighted by molar-refractivity contribution is 6.33. The van der Waals surface area contributed by atoms with Crippen molar-refractivity contribution in [2.75, 3.05) is 42.9 Å². The third kappa shape index (κ3) is 4.82. The molecule has 0 radical (unpaired) electrons. The van der Waals surface area contributed by atoms with Gasteiger partial charge in [-0.05, 0) is 18.2 Å². The van der Waals surface area contributed by atoms with Crippen LogP contribution in [-0.2, 0) is 11.0 Å². The van der Waals surface area contributed by atoms with Gasteiger partial charge in [0.1, 0.15) is 5.82 Å². The molecule has 3 rings (SSSR count). The standard InChI is InChI=1S/C18H18ClF3N4O/c19-15-10-13(18(20,21)22)11-24-17(15)26-8-6-25(7-9-26)16(27)12-23-14-4-2-1-3-5-14/h1-5,10-11,23H,6-9,12H2. The highest BCUT2D eigenvalue weighted by Gasteiger charge is 2.32. The van der Waals surface area contributed by atoms with E-state index in [0.717, 1.165) is 18.0 Å². The van der Waals surface area contributed by atoms with Crippen LogP contribution in [0.15, 0.2) is 42.6 Å². The molecule has 1 aliphatic rings. The third-order valence-electron chi connectivity index (χ3n) is 4.30. The predicted molar refractivity (Wildman–Crippen MR) is 98.0 cm³/mol. The number of aromatic nitrogens is 1. The topological polar surface area (TPSA) is 48.5 Å². The second-order valence-corrected chi connectivity index (χ2v) is 6.52. The minimum atomic E-state index is -4.48. The van der Waals surface area contributed by atoms with Crippen molar-refractivity contribution in [2.24, 2.45) is 0 Å². The lowest BCUT2D eigenvalue weighted by atomic mass is 10.2. The van der Waals surface area contributed by atoms with E-state index in [0.29, 0.717) is 32.0 Å². The maximum Gasteiger partial charge on any atom is 0.417 e. The molecule has 0 atom stereocenters. The van der Waals surface area contributed by atoms with E-state index in [1.165, 1.54) is 0 Å². The molecule has 2 heterocycles. The Morgan fingerprint density at radius 1 is 1.15 bits per heavy atom. The maximum atomic E-state index is 12.7.